The van der Waals surface area contributed by atoms with Crippen LogP contribution in [0.15, 0.2) is 34.9 Å². The largest absolute Gasteiger partial charge is 0.364 e. The quantitative estimate of drug-likeness (QED) is 0.840. The Morgan fingerprint density at radius 3 is 2.76 bits per heavy atom. The number of nitrogens with two attached hydrogens (primary N) is 1. The lowest BCUT2D eigenvalue weighted by Crippen LogP contribution is -2.19. The molecule has 3 N–H and O–H groups in total. The van der Waals surface area contributed by atoms with Gasteiger partial charge in [0.2, 0.25) is 0 Å². The van der Waals surface area contributed by atoms with Crippen molar-refractivity contribution in [2.45, 2.75) is 20.4 Å². The van der Waals surface area contributed by atoms with Crippen molar-refractivity contribution in [1.29, 1.82) is 0 Å². The molecule has 1 heterocycles. The van der Waals surface area contributed by atoms with E-state index < -0.39 is 5.91 Å². The van der Waals surface area contributed by atoms with E-state index in [2.05, 4.69) is 40.2 Å². The summed E-state index contributed by atoms with van der Waals surface area (Å²) < 4.78 is 2.64. The van der Waals surface area contributed by atoms with E-state index in [-0.39, 0.29) is 5.69 Å². The zero-order valence-corrected chi connectivity index (χ0v) is 13.7. The van der Waals surface area contributed by atoms with Crippen molar-refractivity contribution in [3.05, 3.63) is 46.2 Å². The molecule has 5 nitrogen and oxygen atoms in total. The predicted octanol–water partition coefficient (Wildman–Crippen LogP) is 2.48. The average molecular weight is 351 g/mol. The fourth-order valence-electron chi connectivity index (χ4n) is 1.92. The molecule has 0 saturated carbocycles. The summed E-state index contributed by atoms with van der Waals surface area (Å²) in [6, 6.07) is 7.59. The molecule has 1 amide bonds. The highest BCUT2D eigenvalue weighted by Crippen LogP contribution is 2.21. The first-order valence-electron chi connectivity index (χ1n) is 6.82. The van der Waals surface area contributed by atoms with Crippen molar-refractivity contribution < 1.29 is 4.79 Å². The third-order valence-electron chi connectivity index (χ3n) is 3.01. The van der Waals surface area contributed by atoms with Gasteiger partial charge in [-0.25, -0.2) is 4.68 Å². The minimum absolute atomic E-state index is 0.258. The number of halogens is 1. The normalized spacial score (nSPS) is 11.0. The van der Waals surface area contributed by atoms with Crippen LogP contribution in [0, 0.1) is 5.92 Å². The van der Waals surface area contributed by atoms with Crippen molar-refractivity contribution in [3.63, 3.8) is 0 Å². The number of carbonyl (C=O) groups excluding carboxylic acids is 1. The van der Waals surface area contributed by atoms with Gasteiger partial charge in [0.1, 0.15) is 5.69 Å². The Kier molecular flexibility index (Phi) is 5.14. The van der Waals surface area contributed by atoms with E-state index in [0.717, 1.165) is 23.2 Å². The van der Waals surface area contributed by atoms with Crippen molar-refractivity contribution in [1.82, 2.24) is 15.1 Å². The monoisotopic (exact) mass is 350 g/mol. The molecule has 0 fully saturated rings. The molecule has 0 spiro atoms. The van der Waals surface area contributed by atoms with Crippen LogP contribution in [0.4, 0.5) is 0 Å². The van der Waals surface area contributed by atoms with Crippen LogP contribution in [0.5, 0.6) is 0 Å². The Bertz CT molecular complexity index is 636. The molecule has 1 aromatic carbocycles. The molecule has 0 atom stereocenters. The molecular formula is C15H19BrN4O. The van der Waals surface area contributed by atoms with Crippen LogP contribution in [0.3, 0.4) is 0 Å². The molecule has 0 bridgehead atoms. The Morgan fingerprint density at radius 2 is 2.19 bits per heavy atom. The molecule has 21 heavy (non-hydrogen) atoms. The van der Waals surface area contributed by atoms with E-state index in [1.807, 2.05) is 18.2 Å². The number of hydrogen-bond acceptors (Lipinski definition) is 3. The Labute approximate surface area is 132 Å². The van der Waals surface area contributed by atoms with Gasteiger partial charge in [-0.05, 0) is 36.2 Å². The van der Waals surface area contributed by atoms with Crippen LogP contribution >= 0.6 is 15.9 Å². The van der Waals surface area contributed by atoms with Crippen molar-refractivity contribution in [3.8, 4) is 5.69 Å². The van der Waals surface area contributed by atoms with Crippen LogP contribution in [0.1, 0.15) is 29.9 Å². The van der Waals surface area contributed by atoms with E-state index in [9.17, 15) is 4.79 Å². The van der Waals surface area contributed by atoms with Gasteiger partial charge in [0, 0.05) is 17.2 Å². The molecule has 112 valence electrons. The second-order valence-corrected chi connectivity index (χ2v) is 6.16. The summed E-state index contributed by atoms with van der Waals surface area (Å²) in [6.45, 7) is 6.15. The number of nitrogens with zero attached hydrogens (tertiary/aromatic N) is 2. The van der Waals surface area contributed by atoms with Gasteiger partial charge in [-0.15, -0.1) is 0 Å². The van der Waals surface area contributed by atoms with Crippen LogP contribution in [0.25, 0.3) is 5.69 Å². The summed E-state index contributed by atoms with van der Waals surface area (Å²) in [4.78, 5) is 11.1. The number of primary amides is 1. The van der Waals surface area contributed by atoms with Gasteiger partial charge >= 0.3 is 0 Å². The van der Waals surface area contributed by atoms with Gasteiger partial charge in [0.25, 0.3) is 5.91 Å². The Hall–Kier alpha value is -1.66. The van der Waals surface area contributed by atoms with Crippen LogP contribution < -0.4 is 11.1 Å². The predicted molar refractivity (Wildman–Crippen MR) is 86.3 cm³/mol. The molecule has 0 aliphatic heterocycles. The lowest BCUT2D eigenvalue weighted by atomic mass is 10.2. The Balaban J connectivity index is 2.12. The van der Waals surface area contributed by atoms with Crippen molar-refractivity contribution in [2.24, 2.45) is 11.7 Å². The van der Waals surface area contributed by atoms with E-state index in [4.69, 9.17) is 5.73 Å². The second-order valence-electron chi connectivity index (χ2n) is 5.31. The highest BCUT2D eigenvalue weighted by molar-refractivity contribution is 9.10. The smallest absolute Gasteiger partial charge is 0.269 e. The molecular weight excluding hydrogens is 332 g/mol. The summed E-state index contributed by atoms with van der Waals surface area (Å²) in [7, 11) is 0. The molecule has 1 aromatic heterocycles. The molecule has 0 aliphatic rings. The molecule has 0 radical (unpaired) electrons. The van der Waals surface area contributed by atoms with Crippen molar-refractivity contribution in [2.75, 3.05) is 6.54 Å². The number of benzene rings is 1. The summed E-state index contributed by atoms with van der Waals surface area (Å²) in [5, 5.41) is 7.55. The summed E-state index contributed by atoms with van der Waals surface area (Å²) in [6.07, 6.45) is 1.72. The minimum atomic E-state index is -0.526. The lowest BCUT2D eigenvalue weighted by molar-refractivity contribution is 0.0995. The SMILES string of the molecule is CC(C)CNCc1ccc(-n2ccc(C(N)=O)n2)cc1Br. The molecule has 0 unspecified atom stereocenters. The van der Waals surface area contributed by atoms with Gasteiger partial charge in [-0.3, -0.25) is 4.79 Å². The molecule has 2 rings (SSSR count). The first-order valence-corrected chi connectivity index (χ1v) is 7.61. The maximum absolute atomic E-state index is 11.1. The number of amides is 1. The fourth-order valence-corrected chi connectivity index (χ4v) is 2.42. The topological polar surface area (TPSA) is 72.9 Å². The van der Waals surface area contributed by atoms with Gasteiger partial charge in [-0.2, -0.15) is 5.10 Å². The number of hydrogen-bond donors (Lipinski definition) is 2. The van der Waals surface area contributed by atoms with E-state index in [1.54, 1.807) is 16.9 Å². The van der Waals surface area contributed by atoms with Crippen molar-refractivity contribution >= 4 is 21.8 Å². The summed E-state index contributed by atoms with van der Waals surface area (Å²) in [5.74, 6) is 0.0988. The second kappa shape index (κ2) is 6.87. The van der Waals surface area contributed by atoms with Crippen LogP contribution in [0.2, 0.25) is 0 Å². The molecule has 0 saturated heterocycles. The first kappa shape index (κ1) is 15.7. The highest BCUT2D eigenvalue weighted by Gasteiger charge is 2.08. The zero-order chi connectivity index (χ0) is 15.4. The number of rotatable bonds is 6. The van der Waals surface area contributed by atoms with E-state index in [0.29, 0.717) is 5.92 Å². The van der Waals surface area contributed by atoms with E-state index in [1.165, 1.54) is 5.56 Å². The fraction of sp³-hybridized carbons (Fsp3) is 0.333. The summed E-state index contributed by atoms with van der Waals surface area (Å²) >= 11 is 3.57. The van der Waals surface area contributed by atoms with Crippen LogP contribution in [-0.4, -0.2) is 22.2 Å². The standard InChI is InChI=1S/C15H19BrN4O/c1-10(2)8-18-9-11-3-4-12(7-13(11)16)20-6-5-14(19-20)15(17)21/h3-7,10,18H,8-9H2,1-2H3,(H2,17,21). The molecule has 2 aromatic rings. The maximum Gasteiger partial charge on any atom is 0.269 e. The summed E-state index contributed by atoms with van der Waals surface area (Å²) in [5.41, 5.74) is 7.52. The number of aromatic nitrogens is 2. The van der Waals surface area contributed by atoms with Gasteiger partial charge in [0.05, 0.1) is 5.69 Å². The highest BCUT2D eigenvalue weighted by atomic mass is 79.9. The average Bonchev–Trinajstić information content (AvgIpc) is 2.90. The third-order valence-corrected chi connectivity index (χ3v) is 3.75. The lowest BCUT2D eigenvalue weighted by Gasteiger charge is -2.10. The Morgan fingerprint density at radius 1 is 1.43 bits per heavy atom. The maximum atomic E-state index is 11.1. The first-order chi connectivity index (χ1) is 9.97. The minimum Gasteiger partial charge on any atom is -0.364 e. The third kappa shape index (κ3) is 4.15. The van der Waals surface area contributed by atoms with Gasteiger partial charge < -0.3 is 11.1 Å². The van der Waals surface area contributed by atoms with Gasteiger partial charge in [0.15, 0.2) is 0 Å². The van der Waals surface area contributed by atoms with E-state index >= 15 is 0 Å². The zero-order valence-electron chi connectivity index (χ0n) is 12.1. The number of nitrogens with one attached hydrogen (secondary N) is 1. The van der Waals surface area contributed by atoms with Crippen LogP contribution in [-0.2, 0) is 6.54 Å². The number of carbonyl (C=O) groups is 1. The van der Waals surface area contributed by atoms with Gasteiger partial charge in [-0.1, -0.05) is 35.8 Å². The molecule has 0 aliphatic carbocycles. The molecule has 6 heteroatoms.